The Hall–Kier alpha value is -0.140. The predicted molar refractivity (Wildman–Crippen MR) is 58.8 cm³/mol. The summed E-state index contributed by atoms with van der Waals surface area (Å²) in [7, 11) is -6.59. The molecule has 0 aromatic carbocycles. The summed E-state index contributed by atoms with van der Waals surface area (Å²) in [6.07, 6.45) is 0.218. The smallest absolute Gasteiger partial charge is 0.215 e. The molecule has 1 fully saturated rings. The van der Waals surface area contributed by atoms with Crippen LogP contribution in [0, 0.1) is 5.92 Å². The van der Waals surface area contributed by atoms with Crippen LogP contribution in [-0.4, -0.2) is 40.1 Å². The molecule has 1 aliphatic rings. The van der Waals surface area contributed by atoms with Gasteiger partial charge in [-0.1, -0.05) is 13.8 Å². The second-order valence-corrected chi connectivity index (χ2v) is 8.59. The maximum atomic E-state index is 11.6. The topological polar surface area (TPSA) is 80.3 Å². The minimum Gasteiger partial charge on any atom is -0.229 e. The van der Waals surface area contributed by atoms with Gasteiger partial charge >= 0.3 is 0 Å². The highest BCUT2D eigenvalue weighted by molar-refractivity contribution is 7.95. The van der Waals surface area contributed by atoms with Crippen molar-refractivity contribution in [3.63, 3.8) is 0 Å². The summed E-state index contributed by atoms with van der Waals surface area (Å²) in [6.45, 7) is 4.15. The summed E-state index contributed by atoms with van der Waals surface area (Å²) in [4.78, 5) is 0. The van der Waals surface area contributed by atoms with Crippen LogP contribution in [0.2, 0.25) is 0 Å². The molecule has 0 saturated carbocycles. The molecule has 0 aromatic heterocycles. The summed E-state index contributed by atoms with van der Waals surface area (Å²) in [5, 5.41) is -0.763. The monoisotopic (exact) mass is 255 g/mol. The first-order valence-electron chi connectivity index (χ1n) is 4.92. The Morgan fingerprint density at radius 1 is 1.40 bits per heavy atom. The van der Waals surface area contributed by atoms with Gasteiger partial charge in [0.05, 0.1) is 16.8 Å². The molecule has 0 aromatic rings. The molecule has 1 rings (SSSR count). The number of sulfone groups is 1. The number of hydrogen-bond donors (Lipinski definition) is 1. The zero-order valence-electron chi connectivity index (χ0n) is 8.93. The van der Waals surface area contributed by atoms with E-state index < -0.39 is 25.1 Å². The van der Waals surface area contributed by atoms with E-state index >= 15 is 0 Å². The fraction of sp³-hybridized carbons (Fsp3) is 1.00. The van der Waals surface area contributed by atoms with E-state index in [1.54, 1.807) is 0 Å². The van der Waals surface area contributed by atoms with Gasteiger partial charge in [0, 0.05) is 6.54 Å². The second-order valence-electron chi connectivity index (χ2n) is 4.31. The molecule has 0 unspecified atom stereocenters. The van der Waals surface area contributed by atoms with Gasteiger partial charge in [0.2, 0.25) is 10.0 Å². The Morgan fingerprint density at radius 2 is 2.00 bits per heavy atom. The highest BCUT2D eigenvalue weighted by atomic mass is 32.2. The van der Waals surface area contributed by atoms with Crippen LogP contribution in [0.15, 0.2) is 0 Å². The van der Waals surface area contributed by atoms with E-state index in [4.69, 9.17) is 0 Å². The highest BCUT2D eigenvalue weighted by Crippen LogP contribution is 2.18. The van der Waals surface area contributed by atoms with E-state index in [1.807, 2.05) is 13.8 Å². The van der Waals surface area contributed by atoms with E-state index in [9.17, 15) is 16.8 Å². The second kappa shape index (κ2) is 4.39. The van der Waals surface area contributed by atoms with Gasteiger partial charge in [-0.3, -0.25) is 0 Å². The standard InChI is InChI=1S/C8H17NO4S2/c1-7(2)5-9-15(12,13)8-3-4-14(10,11)6-8/h7-9H,3-6H2,1-2H3/t8-/m1/s1. The van der Waals surface area contributed by atoms with E-state index in [0.29, 0.717) is 6.54 Å². The largest absolute Gasteiger partial charge is 0.229 e. The normalized spacial score (nSPS) is 25.9. The molecule has 0 bridgehead atoms. The third-order valence-electron chi connectivity index (χ3n) is 2.32. The van der Waals surface area contributed by atoms with Crippen molar-refractivity contribution in [1.82, 2.24) is 4.72 Å². The van der Waals surface area contributed by atoms with Crippen LogP contribution < -0.4 is 4.72 Å². The molecule has 1 saturated heterocycles. The van der Waals surface area contributed by atoms with Gasteiger partial charge in [-0.2, -0.15) is 0 Å². The SMILES string of the molecule is CC(C)CNS(=O)(=O)[C@@H]1CCS(=O)(=O)C1. The number of sulfonamides is 1. The Morgan fingerprint density at radius 3 is 2.40 bits per heavy atom. The zero-order chi connectivity index (χ0) is 11.7. The van der Waals surface area contributed by atoms with Crippen LogP contribution in [0.4, 0.5) is 0 Å². The summed E-state index contributed by atoms with van der Waals surface area (Å²) < 4.78 is 48.0. The maximum Gasteiger partial charge on any atom is 0.215 e. The quantitative estimate of drug-likeness (QED) is 0.751. The van der Waals surface area contributed by atoms with Crippen LogP contribution in [0.1, 0.15) is 20.3 Å². The van der Waals surface area contributed by atoms with Crippen molar-refractivity contribution in [1.29, 1.82) is 0 Å². The van der Waals surface area contributed by atoms with Gasteiger partial charge in [0.1, 0.15) is 0 Å². The van der Waals surface area contributed by atoms with E-state index in [0.717, 1.165) is 0 Å². The Kier molecular flexibility index (Phi) is 3.78. The number of nitrogens with one attached hydrogen (secondary N) is 1. The van der Waals surface area contributed by atoms with Crippen LogP contribution in [-0.2, 0) is 19.9 Å². The first kappa shape index (κ1) is 12.9. The van der Waals surface area contributed by atoms with Crippen LogP contribution in [0.5, 0.6) is 0 Å². The van der Waals surface area contributed by atoms with Gasteiger partial charge in [-0.05, 0) is 12.3 Å². The molecular weight excluding hydrogens is 238 g/mol. The first-order chi connectivity index (χ1) is 6.73. The first-order valence-corrected chi connectivity index (χ1v) is 8.28. The van der Waals surface area contributed by atoms with Crippen molar-refractivity contribution in [2.45, 2.75) is 25.5 Å². The predicted octanol–water partition coefficient (Wildman–Crippen LogP) is -0.251. The summed E-state index contributed by atoms with van der Waals surface area (Å²) in [5.74, 6) is -0.0292. The average Bonchev–Trinajstić information content (AvgIpc) is 2.43. The molecule has 7 heteroatoms. The summed E-state index contributed by atoms with van der Waals surface area (Å²) in [5.41, 5.74) is 0. The van der Waals surface area contributed by atoms with E-state index in [1.165, 1.54) is 0 Å². The molecule has 1 N–H and O–H groups in total. The third-order valence-corrected chi connectivity index (χ3v) is 6.15. The van der Waals surface area contributed by atoms with Gasteiger partial charge < -0.3 is 0 Å². The molecular formula is C8H17NO4S2. The molecule has 1 aliphatic heterocycles. The molecule has 1 atom stereocenters. The molecule has 0 aliphatic carbocycles. The lowest BCUT2D eigenvalue weighted by Gasteiger charge is -2.12. The van der Waals surface area contributed by atoms with E-state index in [2.05, 4.69) is 4.72 Å². The van der Waals surface area contributed by atoms with E-state index in [-0.39, 0.29) is 23.8 Å². The minimum absolute atomic E-state index is 0.0136. The van der Waals surface area contributed by atoms with Crippen LogP contribution in [0.3, 0.4) is 0 Å². The van der Waals surface area contributed by atoms with Crippen LogP contribution >= 0.6 is 0 Å². The fourth-order valence-electron chi connectivity index (χ4n) is 1.41. The molecule has 5 nitrogen and oxygen atoms in total. The van der Waals surface area contributed by atoms with Crippen LogP contribution in [0.25, 0.3) is 0 Å². The molecule has 0 amide bonds. The minimum atomic E-state index is -3.46. The lowest BCUT2D eigenvalue weighted by molar-refractivity contribution is 0.549. The Balaban J connectivity index is 2.64. The Labute approximate surface area is 91.2 Å². The van der Waals surface area contributed by atoms with Crippen molar-refractivity contribution in [3.8, 4) is 0 Å². The van der Waals surface area contributed by atoms with Gasteiger partial charge in [-0.15, -0.1) is 0 Å². The summed E-state index contributed by atoms with van der Waals surface area (Å²) >= 11 is 0. The molecule has 90 valence electrons. The third kappa shape index (κ3) is 3.73. The van der Waals surface area contributed by atoms with Crippen molar-refractivity contribution in [2.24, 2.45) is 5.92 Å². The lowest BCUT2D eigenvalue weighted by atomic mass is 10.2. The van der Waals surface area contributed by atoms with Gasteiger partial charge in [0.15, 0.2) is 9.84 Å². The highest BCUT2D eigenvalue weighted by Gasteiger charge is 2.36. The van der Waals surface area contributed by atoms with Crippen molar-refractivity contribution in [3.05, 3.63) is 0 Å². The molecule has 0 spiro atoms. The van der Waals surface area contributed by atoms with Gasteiger partial charge in [-0.25, -0.2) is 21.6 Å². The molecule has 0 radical (unpaired) electrons. The average molecular weight is 255 g/mol. The molecule has 1 heterocycles. The fourth-order valence-corrected chi connectivity index (χ4v) is 5.67. The lowest BCUT2D eigenvalue weighted by Crippen LogP contribution is -2.37. The molecule has 15 heavy (non-hydrogen) atoms. The van der Waals surface area contributed by atoms with Crippen molar-refractivity contribution < 1.29 is 16.8 Å². The number of hydrogen-bond acceptors (Lipinski definition) is 4. The zero-order valence-corrected chi connectivity index (χ0v) is 10.6. The van der Waals surface area contributed by atoms with Crippen molar-refractivity contribution in [2.75, 3.05) is 18.1 Å². The number of rotatable bonds is 4. The summed E-state index contributed by atoms with van der Waals surface area (Å²) in [6, 6.07) is 0. The Bertz CT molecular complexity index is 410. The van der Waals surface area contributed by atoms with Gasteiger partial charge in [0.25, 0.3) is 0 Å². The maximum absolute atomic E-state index is 11.6. The van der Waals surface area contributed by atoms with Crippen molar-refractivity contribution >= 4 is 19.9 Å².